The van der Waals surface area contributed by atoms with Crippen molar-refractivity contribution in [3.63, 3.8) is 0 Å². The van der Waals surface area contributed by atoms with Crippen LogP contribution >= 0.6 is 11.3 Å². The van der Waals surface area contributed by atoms with Gasteiger partial charge >= 0.3 is 5.97 Å². The van der Waals surface area contributed by atoms with E-state index in [1.54, 1.807) is 6.92 Å². The molecule has 1 aliphatic heterocycles. The Morgan fingerprint density at radius 2 is 2.17 bits per heavy atom. The van der Waals surface area contributed by atoms with Crippen molar-refractivity contribution in [1.82, 2.24) is 14.8 Å². The van der Waals surface area contributed by atoms with E-state index in [4.69, 9.17) is 5.11 Å². The number of hydrogen-bond donors (Lipinski definition) is 1. The molecule has 0 radical (unpaired) electrons. The van der Waals surface area contributed by atoms with Gasteiger partial charge in [0.2, 0.25) is 0 Å². The lowest BCUT2D eigenvalue weighted by Gasteiger charge is -2.25. The van der Waals surface area contributed by atoms with E-state index >= 15 is 0 Å². The molecule has 1 fully saturated rings. The fourth-order valence-corrected chi connectivity index (χ4v) is 3.36. The molecular formula is C12H19N3O2S. The Kier molecular flexibility index (Phi) is 3.99. The van der Waals surface area contributed by atoms with Crippen molar-refractivity contribution in [2.24, 2.45) is 0 Å². The fraction of sp³-hybridized carbons (Fsp3) is 0.667. The predicted octanol–water partition coefficient (Wildman–Crippen LogP) is 1.46. The van der Waals surface area contributed by atoms with Crippen molar-refractivity contribution < 1.29 is 9.90 Å². The zero-order valence-corrected chi connectivity index (χ0v) is 11.8. The molecule has 1 atom stereocenters. The van der Waals surface area contributed by atoms with Crippen LogP contribution in [0.25, 0.3) is 0 Å². The summed E-state index contributed by atoms with van der Waals surface area (Å²) in [7, 11) is 4.19. The minimum absolute atomic E-state index is 0.203. The first-order valence-electron chi connectivity index (χ1n) is 6.08. The third-order valence-electron chi connectivity index (χ3n) is 3.36. The third kappa shape index (κ3) is 2.71. The second-order valence-electron chi connectivity index (χ2n) is 4.88. The van der Waals surface area contributed by atoms with Gasteiger partial charge in [0.15, 0.2) is 0 Å². The zero-order valence-electron chi connectivity index (χ0n) is 11.0. The maximum atomic E-state index is 11.1. The molecule has 0 aliphatic carbocycles. The van der Waals surface area contributed by atoms with E-state index in [-0.39, 0.29) is 6.04 Å². The minimum Gasteiger partial charge on any atom is -0.477 e. The molecule has 0 aromatic carbocycles. The van der Waals surface area contributed by atoms with E-state index in [0.29, 0.717) is 10.6 Å². The lowest BCUT2D eigenvalue weighted by molar-refractivity contribution is 0.0701. The maximum Gasteiger partial charge on any atom is 0.347 e. The van der Waals surface area contributed by atoms with Gasteiger partial charge in [-0.15, -0.1) is 11.3 Å². The average molecular weight is 269 g/mol. The third-order valence-corrected chi connectivity index (χ3v) is 4.61. The first-order valence-corrected chi connectivity index (χ1v) is 6.90. The van der Waals surface area contributed by atoms with Gasteiger partial charge in [-0.1, -0.05) is 0 Å². The van der Waals surface area contributed by atoms with Gasteiger partial charge in [-0.05, 0) is 40.5 Å². The standard InChI is InChI=1S/C12H19N3O2S/c1-8-10(12(16)17)18-11(13-8)9-7-14(2)5-4-6-15(9)3/h9H,4-7H2,1-3H3,(H,16,17). The highest BCUT2D eigenvalue weighted by molar-refractivity contribution is 7.13. The van der Waals surface area contributed by atoms with Gasteiger partial charge in [0.1, 0.15) is 9.88 Å². The monoisotopic (exact) mass is 269 g/mol. The Bertz CT molecular complexity index is 447. The molecule has 1 N–H and O–H groups in total. The molecule has 2 heterocycles. The lowest BCUT2D eigenvalue weighted by atomic mass is 10.2. The number of aromatic nitrogens is 1. The molecule has 0 spiro atoms. The molecule has 1 aliphatic rings. The number of hydrogen-bond acceptors (Lipinski definition) is 5. The number of carboxylic acid groups (broad SMARTS) is 1. The molecule has 1 saturated heterocycles. The van der Waals surface area contributed by atoms with Crippen molar-refractivity contribution in [1.29, 1.82) is 0 Å². The summed E-state index contributed by atoms with van der Waals surface area (Å²) in [5.74, 6) is -0.874. The Balaban J connectivity index is 2.28. The summed E-state index contributed by atoms with van der Waals surface area (Å²) in [5.41, 5.74) is 0.628. The van der Waals surface area contributed by atoms with Crippen LogP contribution < -0.4 is 0 Å². The molecule has 1 aromatic heterocycles. The van der Waals surface area contributed by atoms with Crippen LogP contribution in [0.15, 0.2) is 0 Å². The number of thiazole rings is 1. The second kappa shape index (κ2) is 5.34. The quantitative estimate of drug-likeness (QED) is 0.881. The average Bonchev–Trinajstić information content (AvgIpc) is 2.59. The van der Waals surface area contributed by atoms with Crippen molar-refractivity contribution in [2.45, 2.75) is 19.4 Å². The molecule has 1 aromatic rings. The van der Waals surface area contributed by atoms with E-state index in [0.717, 1.165) is 31.1 Å². The van der Waals surface area contributed by atoms with Gasteiger partial charge in [0.05, 0.1) is 11.7 Å². The topological polar surface area (TPSA) is 56.7 Å². The van der Waals surface area contributed by atoms with Crippen LogP contribution in [0.4, 0.5) is 0 Å². The first-order chi connectivity index (χ1) is 8.49. The molecule has 100 valence electrons. The van der Waals surface area contributed by atoms with Crippen molar-refractivity contribution in [2.75, 3.05) is 33.7 Å². The largest absolute Gasteiger partial charge is 0.477 e. The van der Waals surface area contributed by atoms with Gasteiger partial charge in [0.25, 0.3) is 0 Å². The zero-order chi connectivity index (χ0) is 13.3. The smallest absolute Gasteiger partial charge is 0.347 e. The highest BCUT2D eigenvalue weighted by Gasteiger charge is 2.26. The summed E-state index contributed by atoms with van der Waals surface area (Å²) in [5, 5.41) is 10.0. The number of aryl methyl sites for hydroxylation is 1. The van der Waals surface area contributed by atoms with E-state index in [9.17, 15) is 4.79 Å². The molecule has 5 nitrogen and oxygen atoms in total. The second-order valence-corrected chi connectivity index (χ2v) is 5.91. The van der Waals surface area contributed by atoms with Gasteiger partial charge in [0, 0.05) is 6.54 Å². The summed E-state index contributed by atoms with van der Waals surface area (Å²) >= 11 is 1.31. The molecular weight excluding hydrogens is 250 g/mol. The molecule has 0 amide bonds. The van der Waals surface area contributed by atoms with Crippen LogP contribution in [0.3, 0.4) is 0 Å². The van der Waals surface area contributed by atoms with Crippen LogP contribution in [-0.2, 0) is 0 Å². The van der Waals surface area contributed by atoms with Crippen molar-refractivity contribution >= 4 is 17.3 Å². The lowest BCUT2D eigenvalue weighted by Crippen LogP contribution is -2.30. The first kappa shape index (κ1) is 13.5. The number of carboxylic acids is 1. The van der Waals surface area contributed by atoms with Gasteiger partial charge in [-0.25, -0.2) is 9.78 Å². The SMILES string of the molecule is Cc1nc(C2CN(C)CCCN2C)sc1C(=O)O. The van der Waals surface area contributed by atoms with Crippen molar-refractivity contribution in [3.8, 4) is 0 Å². The Morgan fingerprint density at radius 3 is 2.78 bits per heavy atom. The molecule has 0 saturated carbocycles. The number of rotatable bonds is 2. The van der Waals surface area contributed by atoms with E-state index in [1.165, 1.54) is 11.3 Å². The summed E-state index contributed by atoms with van der Waals surface area (Å²) in [6.07, 6.45) is 1.14. The van der Waals surface area contributed by atoms with Crippen LogP contribution in [-0.4, -0.2) is 59.6 Å². The summed E-state index contributed by atoms with van der Waals surface area (Å²) in [6, 6.07) is 0.203. The molecule has 6 heteroatoms. The van der Waals surface area contributed by atoms with E-state index in [1.807, 2.05) is 0 Å². The highest BCUT2D eigenvalue weighted by atomic mass is 32.1. The molecule has 18 heavy (non-hydrogen) atoms. The van der Waals surface area contributed by atoms with Crippen molar-refractivity contribution in [3.05, 3.63) is 15.6 Å². The molecule has 2 rings (SSSR count). The van der Waals surface area contributed by atoms with E-state index < -0.39 is 5.97 Å². The van der Waals surface area contributed by atoms with E-state index in [2.05, 4.69) is 28.9 Å². The maximum absolute atomic E-state index is 11.1. The summed E-state index contributed by atoms with van der Waals surface area (Å²) in [6.45, 7) is 4.78. The van der Waals surface area contributed by atoms with Gasteiger partial charge < -0.3 is 10.0 Å². The number of nitrogens with zero attached hydrogens (tertiary/aromatic N) is 3. The van der Waals surface area contributed by atoms with Crippen LogP contribution in [0.5, 0.6) is 0 Å². The normalized spacial score (nSPS) is 22.9. The summed E-state index contributed by atoms with van der Waals surface area (Å²) in [4.78, 5) is 20.4. The Morgan fingerprint density at radius 1 is 1.44 bits per heavy atom. The molecule has 0 bridgehead atoms. The van der Waals surface area contributed by atoms with Crippen LogP contribution in [0.2, 0.25) is 0 Å². The highest BCUT2D eigenvalue weighted by Crippen LogP contribution is 2.29. The fourth-order valence-electron chi connectivity index (χ4n) is 2.30. The van der Waals surface area contributed by atoms with Crippen LogP contribution in [0, 0.1) is 6.92 Å². The Hall–Kier alpha value is -0.980. The summed E-state index contributed by atoms with van der Waals surface area (Å²) < 4.78 is 0. The number of aromatic carboxylic acids is 1. The predicted molar refractivity (Wildman–Crippen MR) is 71.3 cm³/mol. The number of carbonyl (C=O) groups is 1. The minimum atomic E-state index is -0.874. The van der Waals surface area contributed by atoms with Crippen LogP contribution in [0.1, 0.15) is 32.8 Å². The molecule has 1 unspecified atom stereocenters. The van der Waals surface area contributed by atoms with Gasteiger partial charge in [-0.3, -0.25) is 4.90 Å². The van der Waals surface area contributed by atoms with Gasteiger partial charge in [-0.2, -0.15) is 0 Å². The number of likely N-dealkylation sites (N-methyl/N-ethyl adjacent to an activating group) is 2. The Labute approximate surface area is 111 Å².